The number of nitrogens with one attached hydrogen (secondary N) is 2. The van der Waals surface area contributed by atoms with Crippen molar-refractivity contribution in [3.05, 3.63) is 70.0 Å². The number of nitrogens with two attached hydrogens (primary N) is 1. The number of non-ortho nitro benzene ring substituents is 1. The molecule has 0 fully saturated rings. The van der Waals surface area contributed by atoms with Gasteiger partial charge in [-0.05, 0) is 37.7 Å². The molecule has 1 amide bonds. The van der Waals surface area contributed by atoms with Crippen LogP contribution in [0.25, 0.3) is 10.9 Å². The molecule has 0 radical (unpaired) electrons. The van der Waals surface area contributed by atoms with Gasteiger partial charge >= 0.3 is 0 Å². The van der Waals surface area contributed by atoms with E-state index in [1.807, 2.05) is 13.1 Å². The maximum Gasteiger partial charge on any atom is 0.269 e. The summed E-state index contributed by atoms with van der Waals surface area (Å²) in [6, 6.07) is 11.4. The van der Waals surface area contributed by atoms with Crippen LogP contribution in [0.4, 0.5) is 11.5 Å². The lowest BCUT2D eigenvalue weighted by atomic mass is 10.0. The van der Waals surface area contributed by atoms with Gasteiger partial charge in [0, 0.05) is 17.5 Å². The second kappa shape index (κ2) is 8.40. The summed E-state index contributed by atoms with van der Waals surface area (Å²) in [6.45, 7) is 0.690. The van der Waals surface area contributed by atoms with E-state index in [1.54, 1.807) is 30.3 Å². The number of primary amides is 1. The van der Waals surface area contributed by atoms with Crippen molar-refractivity contribution >= 4 is 28.3 Å². The van der Waals surface area contributed by atoms with Crippen molar-refractivity contribution in [1.82, 2.24) is 15.3 Å². The fourth-order valence-electron chi connectivity index (χ4n) is 3.03. The summed E-state index contributed by atoms with van der Waals surface area (Å²) in [5.74, 6) is -0.0404. The van der Waals surface area contributed by atoms with E-state index in [2.05, 4.69) is 20.6 Å². The number of anilines is 1. The number of nitrogens with zero attached hydrogens (tertiary/aromatic N) is 3. The Morgan fingerprint density at radius 3 is 2.75 bits per heavy atom. The quantitative estimate of drug-likeness (QED) is 0.403. The van der Waals surface area contributed by atoms with E-state index in [4.69, 9.17) is 5.73 Å². The molecule has 9 heteroatoms. The molecule has 0 aliphatic rings. The topological polar surface area (TPSA) is 136 Å². The lowest BCUT2D eigenvalue weighted by molar-refractivity contribution is -0.384. The van der Waals surface area contributed by atoms with Crippen molar-refractivity contribution in [3.63, 3.8) is 0 Å². The van der Waals surface area contributed by atoms with Crippen molar-refractivity contribution in [1.29, 1.82) is 0 Å². The first kappa shape index (κ1) is 19.2. The normalized spacial score (nSPS) is 11.9. The van der Waals surface area contributed by atoms with Crippen LogP contribution < -0.4 is 16.4 Å². The van der Waals surface area contributed by atoms with Crippen LogP contribution in [0.15, 0.2) is 48.8 Å². The van der Waals surface area contributed by atoms with Crippen molar-refractivity contribution < 1.29 is 9.72 Å². The SMILES string of the molecule is CNCCC(Nc1ncnc2c(C(N)=O)cccc12)c1cccc([N+](=O)[O-])c1. The number of rotatable bonds is 8. The molecule has 1 heterocycles. The highest BCUT2D eigenvalue weighted by Gasteiger charge is 2.18. The molecule has 1 aromatic heterocycles. The van der Waals surface area contributed by atoms with E-state index in [0.29, 0.717) is 35.2 Å². The summed E-state index contributed by atoms with van der Waals surface area (Å²) >= 11 is 0. The van der Waals surface area contributed by atoms with Crippen LogP contribution >= 0.6 is 0 Å². The fourth-order valence-corrected chi connectivity index (χ4v) is 3.03. The summed E-state index contributed by atoms with van der Waals surface area (Å²) in [5, 5.41) is 18.2. The largest absolute Gasteiger partial charge is 0.366 e. The minimum atomic E-state index is -0.569. The molecule has 0 bridgehead atoms. The number of hydrogen-bond donors (Lipinski definition) is 3. The molecule has 3 aromatic rings. The average Bonchev–Trinajstić information content (AvgIpc) is 2.70. The van der Waals surface area contributed by atoms with E-state index < -0.39 is 10.8 Å². The van der Waals surface area contributed by atoms with Gasteiger partial charge in [0.25, 0.3) is 11.6 Å². The number of nitro groups is 1. The van der Waals surface area contributed by atoms with Gasteiger partial charge in [-0.25, -0.2) is 9.97 Å². The van der Waals surface area contributed by atoms with Crippen LogP contribution in [-0.2, 0) is 0 Å². The van der Waals surface area contributed by atoms with Gasteiger partial charge in [0.1, 0.15) is 12.1 Å². The molecule has 144 valence electrons. The Kier molecular flexibility index (Phi) is 5.75. The van der Waals surface area contributed by atoms with E-state index >= 15 is 0 Å². The van der Waals surface area contributed by atoms with Crippen molar-refractivity contribution in [2.45, 2.75) is 12.5 Å². The summed E-state index contributed by atoms with van der Waals surface area (Å²) < 4.78 is 0. The highest BCUT2D eigenvalue weighted by Crippen LogP contribution is 2.28. The molecule has 9 nitrogen and oxygen atoms in total. The third-order valence-corrected chi connectivity index (χ3v) is 4.41. The standard InChI is InChI=1S/C19H20N6O3/c1-21-9-8-16(12-4-2-5-13(10-12)25(27)28)24-19-15-7-3-6-14(18(20)26)17(15)22-11-23-19/h2-7,10-11,16,21H,8-9H2,1H3,(H2,20,26)(H,22,23,24). The first-order valence-electron chi connectivity index (χ1n) is 8.70. The Bertz CT molecular complexity index is 1020. The number of amides is 1. The van der Waals surface area contributed by atoms with E-state index in [1.165, 1.54) is 12.4 Å². The molecule has 0 saturated carbocycles. The molecule has 4 N–H and O–H groups in total. The van der Waals surface area contributed by atoms with Crippen LogP contribution in [0.5, 0.6) is 0 Å². The number of hydrogen-bond acceptors (Lipinski definition) is 7. The molecular weight excluding hydrogens is 360 g/mol. The molecule has 28 heavy (non-hydrogen) atoms. The van der Waals surface area contributed by atoms with Crippen LogP contribution in [0.2, 0.25) is 0 Å². The monoisotopic (exact) mass is 380 g/mol. The summed E-state index contributed by atoms with van der Waals surface area (Å²) in [6.07, 6.45) is 2.03. The Labute approximate surface area is 161 Å². The predicted molar refractivity (Wildman–Crippen MR) is 106 cm³/mol. The molecular formula is C19H20N6O3. The van der Waals surface area contributed by atoms with Gasteiger partial charge in [0.05, 0.1) is 22.0 Å². The Balaban J connectivity index is 2.02. The number of para-hydroxylation sites is 1. The first-order chi connectivity index (χ1) is 13.5. The van der Waals surface area contributed by atoms with Gasteiger partial charge < -0.3 is 16.4 Å². The first-order valence-corrected chi connectivity index (χ1v) is 8.70. The van der Waals surface area contributed by atoms with Crippen molar-refractivity contribution in [2.24, 2.45) is 5.73 Å². The minimum absolute atomic E-state index is 0.0253. The Hall–Kier alpha value is -3.59. The zero-order valence-electron chi connectivity index (χ0n) is 15.3. The van der Waals surface area contributed by atoms with Crippen LogP contribution in [-0.4, -0.2) is 34.4 Å². The second-order valence-electron chi connectivity index (χ2n) is 6.23. The molecule has 0 aliphatic heterocycles. The number of benzene rings is 2. The fraction of sp³-hybridized carbons (Fsp3) is 0.211. The lowest BCUT2D eigenvalue weighted by Crippen LogP contribution is -2.19. The molecule has 1 unspecified atom stereocenters. The Morgan fingerprint density at radius 2 is 2.04 bits per heavy atom. The van der Waals surface area contributed by atoms with Crippen LogP contribution in [0.3, 0.4) is 0 Å². The van der Waals surface area contributed by atoms with Crippen LogP contribution in [0.1, 0.15) is 28.4 Å². The molecule has 2 aromatic carbocycles. The van der Waals surface area contributed by atoms with Gasteiger partial charge in [0.15, 0.2) is 0 Å². The highest BCUT2D eigenvalue weighted by atomic mass is 16.6. The summed E-state index contributed by atoms with van der Waals surface area (Å²) in [5.41, 5.74) is 7.00. The smallest absolute Gasteiger partial charge is 0.269 e. The number of nitro benzene ring substituents is 1. The van der Waals surface area contributed by atoms with E-state index in [-0.39, 0.29) is 11.7 Å². The molecule has 3 rings (SSSR count). The van der Waals surface area contributed by atoms with Gasteiger partial charge in [-0.2, -0.15) is 0 Å². The van der Waals surface area contributed by atoms with Crippen molar-refractivity contribution in [3.8, 4) is 0 Å². The zero-order chi connectivity index (χ0) is 20.1. The maximum atomic E-state index is 11.7. The van der Waals surface area contributed by atoms with Gasteiger partial charge in [0.2, 0.25) is 0 Å². The Morgan fingerprint density at radius 1 is 1.25 bits per heavy atom. The molecule has 1 atom stereocenters. The minimum Gasteiger partial charge on any atom is -0.366 e. The predicted octanol–water partition coefficient (Wildman–Crippen LogP) is 2.40. The molecule has 0 spiro atoms. The van der Waals surface area contributed by atoms with E-state index in [0.717, 1.165) is 5.56 Å². The lowest BCUT2D eigenvalue weighted by Gasteiger charge is -2.20. The van der Waals surface area contributed by atoms with Gasteiger partial charge in [-0.1, -0.05) is 18.2 Å². The average molecular weight is 380 g/mol. The summed E-state index contributed by atoms with van der Waals surface area (Å²) in [7, 11) is 1.84. The number of fused-ring (bicyclic) bond motifs is 1. The maximum absolute atomic E-state index is 11.7. The molecule has 0 saturated heterocycles. The molecule has 0 aliphatic carbocycles. The van der Waals surface area contributed by atoms with Crippen molar-refractivity contribution in [2.75, 3.05) is 18.9 Å². The zero-order valence-corrected chi connectivity index (χ0v) is 15.3. The number of aromatic nitrogens is 2. The number of carbonyl (C=O) groups is 1. The van der Waals surface area contributed by atoms with E-state index in [9.17, 15) is 14.9 Å². The number of carbonyl (C=O) groups excluding carboxylic acids is 1. The summed E-state index contributed by atoms with van der Waals surface area (Å²) in [4.78, 5) is 30.9. The third-order valence-electron chi connectivity index (χ3n) is 4.41. The van der Waals surface area contributed by atoms with Gasteiger partial charge in [-0.3, -0.25) is 14.9 Å². The third kappa shape index (κ3) is 4.04. The second-order valence-corrected chi connectivity index (χ2v) is 6.23. The van der Waals surface area contributed by atoms with Gasteiger partial charge in [-0.15, -0.1) is 0 Å². The van der Waals surface area contributed by atoms with Crippen LogP contribution in [0, 0.1) is 10.1 Å². The highest BCUT2D eigenvalue weighted by molar-refractivity contribution is 6.06.